The number of hydrogen-bond acceptors (Lipinski definition) is 3. The fourth-order valence-electron chi connectivity index (χ4n) is 2.27. The summed E-state index contributed by atoms with van der Waals surface area (Å²) >= 11 is 7.95. The van der Waals surface area contributed by atoms with Gasteiger partial charge in [0.1, 0.15) is 17.4 Å². The maximum atomic E-state index is 6.29. The standard InChI is InChI=1S/C16H16ClNOS/c1-2-8-18-15(16-12(17)7-9-20-16)14-10-11-5-3-4-6-13(11)19-14/h3-7,9-10,15,18H,2,8H2,1H3. The van der Waals surface area contributed by atoms with E-state index in [0.29, 0.717) is 0 Å². The molecule has 104 valence electrons. The molecule has 2 aromatic heterocycles. The third kappa shape index (κ3) is 2.62. The quantitative estimate of drug-likeness (QED) is 0.697. The summed E-state index contributed by atoms with van der Waals surface area (Å²) in [4.78, 5) is 1.11. The van der Waals surface area contributed by atoms with Gasteiger partial charge in [-0.25, -0.2) is 0 Å². The highest BCUT2D eigenvalue weighted by molar-refractivity contribution is 7.10. The Balaban J connectivity index is 2.02. The van der Waals surface area contributed by atoms with Crippen LogP contribution in [0.1, 0.15) is 30.0 Å². The second-order valence-electron chi connectivity index (χ2n) is 4.71. The molecule has 3 rings (SSSR count). The number of para-hydroxylation sites is 1. The molecular formula is C16H16ClNOS. The number of halogens is 1. The van der Waals surface area contributed by atoms with Gasteiger partial charge >= 0.3 is 0 Å². The molecule has 1 aromatic carbocycles. The number of nitrogens with one attached hydrogen (secondary N) is 1. The summed E-state index contributed by atoms with van der Waals surface area (Å²) in [5, 5.41) is 7.46. The van der Waals surface area contributed by atoms with Gasteiger partial charge in [-0.3, -0.25) is 0 Å². The Morgan fingerprint density at radius 2 is 2.15 bits per heavy atom. The highest BCUT2D eigenvalue weighted by atomic mass is 35.5. The maximum Gasteiger partial charge on any atom is 0.134 e. The Kier molecular flexibility index (Phi) is 4.10. The third-order valence-electron chi connectivity index (χ3n) is 3.23. The van der Waals surface area contributed by atoms with Gasteiger partial charge in [0.2, 0.25) is 0 Å². The van der Waals surface area contributed by atoms with Crippen LogP contribution >= 0.6 is 22.9 Å². The molecule has 1 unspecified atom stereocenters. The first-order valence-electron chi connectivity index (χ1n) is 6.74. The van der Waals surface area contributed by atoms with Gasteiger partial charge in [-0.2, -0.15) is 0 Å². The number of benzene rings is 1. The lowest BCUT2D eigenvalue weighted by Crippen LogP contribution is -2.22. The van der Waals surface area contributed by atoms with E-state index in [9.17, 15) is 0 Å². The van der Waals surface area contributed by atoms with E-state index in [1.54, 1.807) is 11.3 Å². The highest BCUT2D eigenvalue weighted by Crippen LogP contribution is 2.35. The number of rotatable bonds is 5. The van der Waals surface area contributed by atoms with Crippen LogP contribution in [0.25, 0.3) is 11.0 Å². The zero-order valence-electron chi connectivity index (χ0n) is 11.2. The first kappa shape index (κ1) is 13.7. The fraction of sp³-hybridized carbons (Fsp3) is 0.250. The van der Waals surface area contributed by atoms with Gasteiger partial charge in [0.05, 0.1) is 5.02 Å². The molecule has 0 aliphatic rings. The van der Waals surface area contributed by atoms with E-state index in [2.05, 4.69) is 24.4 Å². The van der Waals surface area contributed by atoms with E-state index in [-0.39, 0.29) is 6.04 Å². The van der Waals surface area contributed by atoms with Crippen LogP contribution in [-0.2, 0) is 0 Å². The molecule has 3 aromatic rings. The van der Waals surface area contributed by atoms with Crippen LogP contribution in [0, 0.1) is 0 Å². The van der Waals surface area contributed by atoms with Crippen LogP contribution in [-0.4, -0.2) is 6.54 Å². The highest BCUT2D eigenvalue weighted by Gasteiger charge is 2.21. The summed E-state index contributed by atoms with van der Waals surface area (Å²) in [5.74, 6) is 0.920. The van der Waals surface area contributed by atoms with Crippen molar-refractivity contribution in [2.24, 2.45) is 0 Å². The average Bonchev–Trinajstić information content (AvgIpc) is 3.06. The van der Waals surface area contributed by atoms with Crippen molar-refractivity contribution in [2.75, 3.05) is 6.54 Å². The smallest absolute Gasteiger partial charge is 0.134 e. The molecule has 20 heavy (non-hydrogen) atoms. The molecule has 2 nitrogen and oxygen atoms in total. The number of thiophene rings is 1. The van der Waals surface area contributed by atoms with Crippen molar-refractivity contribution in [3.8, 4) is 0 Å². The topological polar surface area (TPSA) is 25.2 Å². The normalized spacial score (nSPS) is 12.9. The molecule has 0 aliphatic heterocycles. The van der Waals surface area contributed by atoms with Crippen LogP contribution in [0.4, 0.5) is 0 Å². The molecule has 4 heteroatoms. The van der Waals surface area contributed by atoms with Gasteiger partial charge in [-0.1, -0.05) is 36.7 Å². The van der Waals surface area contributed by atoms with Crippen molar-refractivity contribution in [3.63, 3.8) is 0 Å². The summed E-state index contributed by atoms with van der Waals surface area (Å²) in [6.45, 7) is 3.08. The molecule has 0 spiro atoms. The molecular weight excluding hydrogens is 290 g/mol. The first-order chi connectivity index (χ1) is 9.79. The molecule has 0 saturated carbocycles. The largest absolute Gasteiger partial charge is 0.459 e. The van der Waals surface area contributed by atoms with Crippen molar-refractivity contribution >= 4 is 33.9 Å². The van der Waals surface area contributed by atoms with E-state index in [1.165, 1.54) is 0 Å². The maximum absolute atomic E-state index is 6.29. The Morgan fingerprint density at radius 3 is 2.85 bits per heavy atom. The second kappa shape index (κ2) is 6.00. The van der Waals surface area contributed by atoms with Crippen molar-refractivity contribution in [1.29, 1.82) is 0 Å². The lowest BCUT2D eigenvalue weighted by atomic mass is 10.1. The fourth-order valence-corrected chi connectivity index (χ4v) is 3.51. The minimum atomic E-state index is 0.0230. The summed E-state index contributed by atoms with van der Waals surface area (Å²) in [7, 11) is 0. The molecule has 0 radical (unpaired) electrons. The van der Waals surface area contributed by atoms with Crippen LogP contribution in [0.2, 0.25) is 5.02 Å². The van der Waals surface area contributed by atoms with E-state index in [0.717, 1.165) is 39.6 Å². The van der Waals surface area contributed by atoms with Crippen LogP contribution in [0.3, 0.4) is 0 Å². The van der Waals surface area contributed by atoms with E-state index < -0.39 is 0 Å². The Morgan fingerprint density at radius 1 is 1.30 bits per heavy atom. The molecule has 0 amide bonds. The minimum Gasteiger partial charge on any atom is -0.459 e. The van der Waals surface area contributed by atoms with Gasteiger partial charge in [0.25, 0.3) is 0 Å². The van der Waals surface area contributed by atoms with E-state index in [4.69, 9.17) is 16.0 Å². The summed E-state index contributed by atoms with van der Waals surface area (Å²) in [5.41, 5.74) is 0.915. The summed E-state index contributed by atoms with van der Waals surface area (Å²) in [6, 6.07) is 12.1. The summed E-state index contributed by atoms with van der Waals surface area (Å²) < 4.78 is 5.99. The minimum absolute atomic E-state index is 0.0230. The molecule has 0 fully saturated rings. The SMILES string of the molecule is CCCNC(c1cc2ccccc2o1)c1sccc1Cl. The van der Waals surface area contributed by atoms with Gasteiger partial charge in [-0.15, -0.1) is 11.3 Å². The van der Waals surface area contributed by atoms with Crippen LogP contribution < -0.4 is 5.32 Å². The van der Waals surface area contributed by atoms with Crippen molar-refractivity contribution in [3.05, 3.63) is 57.4 Å². The Bertz CT molecular complexity index is 670. The Labute approximate surface area is 127 Å². The van der Waals surface area contributed by atoms with Gasteiger partial charge < -0.3 is 9.73 Å². The lowest BCUT2D eigenvalue weighted by Gasteiger charge is -2.15. The van der Waals surface area contributed by atoms with Crippen LogP contribution in [0.5, 0.6) is 0 Å². The zero-order valence-corrected chi connectivity index (χ0v) is 12.8. The number of hydrogen-bond donors (Lipinski definition) is 1. The number of furan rings is 1. The van der Waals surface area contributed by atoms with Crippen LogP contribution in [0.15, 0.2) is 46.2 Å². The van der Waals surface area contributed by atoms with Crippen molar-refractivity contribution in [2.45, 2.75) is 19.4 Å². The average molecular weight is 306 g/mol. The van der Waals surface area contributed by atoms with Gasteiger partial charge in [0.15, 0.2) is 0 Å². The molecule has 0 bridgehead atoms. The lowest BCUT2D eigenvalue weighted by molar-refractivity contribution is 0.473. The predicted octanol–water partition coefficient (Wildman–Crippen LogP) is 5.24. The molecule has 1 atom stereocenters. The van der Waals surface area contributed by atoms with Gasteiger partial charge in [0, 0.05) is 10.3 Å². The second-order valence-corrected chi connectivity index (χ2v) is 6.06. The molecule has 0 aliphatic carbocycles. The monoisotopic (exact) mass is 305 g/mol. The van der Waals surface area contributed by atoms with Crippen molar-refractivity contribution in [1.82, 2.24) is 5.32 Å². The van der Waals surface area contributed by atoms with E-state index >= 15 is 0 Å². The molecule has 0 saturated heterocycles. The Hall–Kier alpha value is -1.29. The zero-order chi connectivity index (χ0) is 13.9. The first-order valence-corrected chi connectivity index (χ1v) is 8.00. The van der Waals surface area contributed by atoms with Gasteiger partial charge in [-0.05, 0) is 36.5 Å². The summed E-state index contributed by atoms with van der Waals surface area (Å²) in [6.07, 6.45) is 1.07. The molecule has 2 heterocycles. The van der Waals surface area contributed by atoms with Crippen molar-refractivity contribution < 1.29 is 4.42 Å². The predicted molar refractivity (Wildman–Crippen MR) is 85.7 cm³/mol. The van der Waals surface area contributed by atoms with E-state index in [1.807, 2.05) is 29.6 Å². The number of fused-ring (bicyclic) bond motifs is 1. The third-order valence-corrected chi connectivity index (χ3v) is 4.66. The molecule has 1 N–H and O–H groups in total.